The Bertz CT molecular complexity index is 714. The van der Waals surface area contributed by atoms with Gasteiger partial charge in [0.1, 0.15) is 11.6 Å². The van der Waals surface area contributed by atoms with Gasteiger partial charge < -0.3 is 0 Å². The van der Waals surface area contributed by atoms with Gasteiger partial charge in [0.15, 0.2) is 9.84 Å². The van der Waals surface area contributed by atoms with E-state index < -0.39 is 27.2 Å². The highest BCUT2D eigenvalue weighted by Gasteiger charge is 2.17. The molecule has 0 aliphatic heterocycles. The third kappa shape index (κ3) is 3.30. The van der Waals surface area contributed by atoms with Crippen molar-refractivity contribution in [2.24, 2.45) is 0 Å². The Morgan fingerprint density at radius 2 is 1.68 bits per heavy atom. The molecule has 0 saturated carbocycles. The van der Waals surface area contributed by atoms with Gasteiger partial charge in [-0.2, -0.15) is 0 Å². The van der Waals surface area contributed by atoms with Crippen molar-refractivity contribution in [3.63, 3.8) is 0 Å². The summed E-state index contributed by atoms with van der Waals surface area (Å²) < 4.78 is 50.0. The van der Waals surface area contributed by atoms with Gasteiger partial charge in [0, 0.05) is 5.02 Å². The molecule has 2 aromatic carbocycles. The molecule has 0 spiro atoms. The SMILES string of the molecule is O=S(=O)(Cc1ccc(F)cc1Cl)c1cccc(F)c1. The molecule has 2 nitrogen and oxygen atoms in total. The van der Waals surface area contributed by atoms with Crippen LogP contribution in [0.2, 0.25) is 5.02 Å². The van der Waals surface area contributed by atoms with Gasteiger partial charge in [-0.05, 0) is 35.9 Å². The molecule has 0 radical (unpaired) electrons. The van der Waals surface area contributed by atoms with E-state index in [9.17, 15) is 17.2 Å². The summed E-state index contributed by atoms with van der Waals surface area (Å²) in [5.74, 6) is -1.58. The Morgan fingerprint density at radius 1 is 1.00 bits per heavy atom. The predicted octanol–water partition coefficient (Wildman–Crippen LogP) is 3.59. The summed E-state index contributed by atoms with van der Waals surface area (Å²) in [6.07, 6.45) is 0. The molecule has 0 unspecified atom stereocenters. The zero-order chi connectivity index (χ0) is 14.0. The van der Waals surface area contributed by atoms with Gasteiger partial charge >= 0.3 is 0 Å². The maximum absolute atomic E-state index is 13.0. The first-order valence-corrected chi connectivity index (χ1v) is 7.34. The molecule has 0 aliphatic rings. The Morgan fingerprint density at radius 3 is 2.32 bits per heavy atom. The van der Waals surface area contributed by atoms with Crippen molar-refractivity contribution in [3.05, 3.63) is 64.7 Å². The predicted molar refractivity (Wildman–Crippen MR) is 68.7 cm³/mol. The molecule has 0 saturated heterocycles. The molecule has 0 N–H and O–H groups in total. The summed E-state index contributed by atoms with van der Waals surface area (Å²) in [6.45, 7) is 0. The Hall–Kier alpha value is -1.46. The molecule has 100 valence electrons. The summed E-state index contributed by atoms with van der Waals surface area (Å²) in [7, 11) is -3.72. The molecule has 0 amide bonds. The fraction of sp³-hybridized carbons (Fsp3) is 0.0769. The van der Waals surface area contributed by atoms with Crippen LogP contribution in [0.3, 0.4) is 0 Å². The zero-order valence-electron chi connectivity index (χ0n) is 9.61. The summed E-state index contributed by atoms with van der Waals surface area (Å²) in [4.78, 5) is -0.132. The zero-order valence-corrected chi connectivity index (χ0v) is 11.2. The molecule has 0 fully saturated rings. The quantitative estimate of drug-likeness (QED) is 0.868. The maximum Gasteiger partial charge on any atom is 0.182 e. The van der Waals surface area contributed by atoms with Crippen molar-refractivity contribution >= 4 is 21.4 Å². The lowest BCUT2D eigenvalue weighted by Crippen LogP contribution is -2.06. The fourth-order valence-corrected chi connectivity index (χ4v) is 3.31. The molecule has 19 heavy (non-hydrogen) atoms. The largest absolute Gasteiger partial charge is 0.223 e. The van der Waals surface area contributed by atoms with Crippen LogP contribution < -0.4 is 0 Å². The molecule has 0 aromatic heterocycles. The van der Waals surface area contributed by atoms with Crippen LogP contribution in [0.5, 0.6) is 0 Å². The van der Waals surface area contributed by atoms with E-state index >= 15 is 0 Å². The summed E-state index contributed by atoms with van der Waals surface area (Å²) in [5.41, 5.74) is 0.271. The lowest BCUT2D eigenvalue weighted by molar-refractivity contribution is 0.589. The fourth-order valence-electron chi connectivity index (χ4n) is 1.59. The molecular weight excluding hydrogens is 294 g/mol. The molecule has 6 heteroatoms. The van der Waals surface area contributed by atoms with Crippen molar-refractivity contribution in [2.45, 2.75) is 10.6 Å². The molecule has 0 heterocycles. The highest BCUT2D eigenvalue weighted by Crippen LogP contribution is 2.23. The average Bonchev–Trinajstić information content (AvgIpc) is 2.33. The minimum absolute atomic E-state index is 0.0278. The highest BCUT2D eigenvalue weighted by molar-refractivity contribution is 7.90. The van der Waals surface area contributed by atoms with Crippen molar-refractivity contribution in [3.8, 4) is 0 Å². The van der Waals surface area contributed by atoms with Crippen LogP contribution in [-0.4, -0.2) is 8.42 Å². The lowest BCUT2D eigenvalue weighted by atomic mass is 10.2. The Labute approximate surface area is 114 Å². The first-order valence-electron chi connectivity index (χ1n) is 5.31. The van der Waals surface area contributed by atoms with Gasteiger partial charge in [0.05, 0.1) is 10.6 Å². The second kappa shape index (κ2) is 5.27. The number of rotatable bonds is 3. The third-order valence-electron chi connectivity index (χ3n) is 2.52. The van der Waals surface area contributed by atoms with Crippen LogP contribution >= 0.6 is 11.6 Å². The first-order chi connectivity index (χ1) is 8.88. The van der Waals surface area contributed by atoms with Crippen LogP contribution in [0.15, 0.2) is 47.4 Å². The molecular formula is C13H9ClF2O2S. The first kappa shape index (κ1) is 14.0. The van der Waals surface area contributed by atoms with E-state index in [1.807, 2.05) is 0 Å². The van der Waals surface area contributed by atoms with Crippen LogP contribution in [-0.2, 0) is 15.6 Å². The molecule has 2 rings (SSSR count). The van der Waals surface area contributed by atoms with Crippen molar-refractivity contribution < 1.29 is 17.2 Å². The number of hydrogen-bond donors (Lipinski definition) is 0. The topological polar surface area (TPSA) is 34.1 Å². The monoisotopic (exact) mass is 302 g/mol. The van der Waals surface area contributed by atoms with E-state index in [-0.39, 0.29) is 15.5 Å². The van der Waals surface area contributed by atoms with Crippen molar-refractivity contribution in [1.82, 2.24) is 0 Å². The van der Waals surface area contributed by atoms with Crippen LogP contribution in [0, 0.1) is 11.6 Å². The summed E-state index contributed by atoms with van der Waals surface area (Å²) in [5, 5.41) is 0.0278. The van der Waals surface area contributed by atoms with Gasteiger partial charge in [-0.25, -0.2) is 17.2 Å². The second-order valence-electron chi connectivity index (χ2n) is 3.95. The molecule has 0 aliphatic carbocycles. The maximum atomic E-state index is 13.0. The Kier molecular flexibility index (Phi) is 3.87. The molecule has 0 atom stereocenters. The number of benzene rings is 2. The summed E-state index contributed by atoms with van der Waals surface area (Å²) >= 11 is 5.78. The highest BCUT2D eigenvalue weighted by atomic mass is 35.5. The van der Waals surface area contributed by atoms with Gasteiger partial charge in [-0.1, -0.05) is 23.7 Å². The number of sulfone groups is 1. The van der Waals surface area contributed by atoms with Crippen LogP contribution in [0.1, 0.15) is 5.56 Å². The van der Waals surface area contributed by atoms with Crippen molar-refractivity contribution in [2.75, 3.05) is 0 Å². The van der Waals surface area contributed by atoms with Crippen LogP contribution in [0.4, 0.5) is 8.78 Å². The minimum Gasteiger partial charge on any atom is -0.223 e. The summed E-state index contributed by atoms with van der Waals surface area (Å²) in [6, 6.07) is 8.18. The van der Waals surface area contributed by atoms with E-state index in [1.54, 1.807) is 0 Å². The second-order valence-corrected chi connectivity index (χ2v) is 6.35. The van der Waals surface area contributed by atoms with Crippen molar-refractivity contribution in [1.29, 1.82) is 0 Å². The standard InChI is InChI=1S/C13H9ClF2O2S/c14-13-7-11(16)5-4-9(13)8-19(17,18)12-3-1-2-10(15)6-12/h1-7H,8H2. The van der Waals surface area contributed by atoms with E-state index in [1.165, 1.54) is 18.2 Å². The minimum atomic E-state index is -3.72. The lowest BCUT2D eigenvalue weighted by Gasteiger charge is -2.06. The average molecular weight is 303 g/mol. The van der Waals surface area contributed by atoms with Gasteiger partial charge in [0.25, 0.3) is 0 Å². The van der Waals surface area contributed by atoms with Gasteiger partial charge in [0.2, 0.25) is 0 Å². The van der Waals surface area contributed by atoms with E-state index in [4.69, 9.17) is 11.6 Å². The van der Waals surface area contributed by atoms with E-state index in [2.05, 4.69) is 0 Å². The van der Waals surface area contributed by atoms with Gasteiger partial charge in [-0.15, -0.1) is 0 Å². The third-order valence-corrected chi connectivity index (χ3v) is 4.53. The van der Waals surface area contributed by atoms with E-state index in [0.717, 1.165) is 24.3 Å². The van der Waals surface area contributed by atoms with Gasteiger partial charge in [-0.3, -0.25) is 0 Å². The number of hydrogen-bond acceptors (Lipinski definition) is 2. The molecule has 2 aromatic rings. The smallest absolute Gasteiger partial charge is 0.182 e. The van der Waals surface area contributed by atoms with E-state index in [0.29, 0.717) is 0 Å². The van der Waals surface area contributed by atoms with Crippen LogP contribution in [0.25, 0.3) is 0 Å². The normalized spacial score (nSPS) is 11.5. The molecule has 0 bridgehead atoms. The Balaban J connectivity index is 2.36. The number of halogens is 3.